The molecule has 1 unspecified atom stereocenters. The first-order valence-corrected chi connectivity index (χ1v) is 8.03. The minimum Gasteiger partial charge on any atom is -0.387 e. The number of rotatable bonds is 4. The molecular formula is C15H16O3S. The molecule has 0 bridgehead atoms. The third kappa shape index (κ3) is 3.91. The molecule has 0 radical (unpaired) electrons. The van der Waals surface area contributed by atoms with Crippen LogP contribution < -0.4 is 0 Å². The number of aliphatic hydroxyl groups excluding tert-OH is 1. The SMILES string of the molecule is CS(=O)(=O)CC(O)c1cccc(-c2ccccc2)c1. The molecule has 0 saturated heterocycles. The van der Waals surface area contributed by atoms with E-state index in [1.165, 1.54) is 0 Å². The van der Waals surface area contributed by atoms with E-state index in [0.717, 1.165) is 17.4 Å². The van der Waals surface area contributed by atoms with Crippen molar-refractivity contribution in [2.24, 2.45) is 0 Å². The van der Waals surface area contributed by atoms with Crippen molar-refractivity contribution in [3.63, 3.8) is 0 Å². The van der Waals surface area contributed by atoms with Crippen LogP contribution in [0.4, 0.5) is 0 Å². The number of benzene rings is 2. The monoisotopic (exact) mass is 276 g/mol. The summed E-state index contributed by atoms with van der Waals surface area (Å²) in [5.74, 6) is -0.259. The van der Waals surface area contributed by atoms with Crippen LogP contribution in [0.25, 0.3) is 11.1 Å². The van der Waals surface area contributed by atoms with Crippen molar-refractivity contribution in [3.05, 3.63) is 60.2 Å². The highest BCUT2D eigenvalue weighted by atomic mass is 32.2. The Morgan fingerprint density at radius 3 is 2.26 bits per heavy atom. The Bertz CT molecular complexity index is 648. The van der Waals surface area contributed by atoms with Crippen molar-refractivity contribution < 1.29 is 13.5 Å². The summed E-state index contributed by atoms with van der Waals surface area (Å²) >= 11 is 0. The molecule has 3 nitrogen and oxygen atoms in total. The molecule has 0 heterocycles. The molecule has 0 fully saturated rings. The van der Waals surface area contributed by atoms with Crippen LogP contribution >= 0.6 is 0 Å². The highest BCUT2D eigenvalue weighted by Crippen LogP contribution is 2.23. The number of hydrogen-bond acceptors (Lipinski definition) is 3. The van der Waals surface area contributed by atoms with Gasteiger partial charge in [-0.1, -0.05) is 48.5 Å². The molecule has 2 aromatic rings. The summed E-state index contributed by atoms with van der Waals surface area (Å²) in [5, 5.41) is 9.95. The van der Waals surface area contributed by atoms with E-state index in [1.54, 1.807) is 6.07 Å². The summed E-state index contributed by atoms with van der Waals surface area (Å²) in [4.78, 5) is 0. The number of aliphatic hydroxyl groups is 1. The summed E-state index contributed by atoms with van der Waals surface area (Å²) in [7, 11) is -3.20. The zero-order valence-corrected chi connectivity index (χ0v) is 11.5. The summed E-state index contributed by atoms with van der Waals surface area (Å²) in [6.07, 6.45) is 0.135. The van der Waals surface area contributed by atoms with Gasteiger partial charge in [0.25, 0.3) is 0 Å². The third-order valence-electron chi connectivity index (χ3n) is 2.84. The average Bonchev–Trinajstić information content (AvgIpc) is 2.38. The lowest BCUT2D eigenvalue weighted by atomic mass is 10.0. The van der Waals surface area contributed by atoms with E-state index in [4.69, 9.17) is 0 Å². The Hall–Kier alpha value is -1.65. The Kier molecular flexibility index (Phi) is 4.02. The van der Waals surface area contributed by atoms with Crippen molar-refractivity contribution in [2.45, 2.75) is 6.10 Å². The van der Waals surface area contributed by atoms with E-state index >= 15 is 0 Å². The average molecular weight is 276 g/mol. The maximum absolute atomic E-state index is 11.2. The smallest absolute Gasteiger partial charge is 0.150 e. The van der Waals surface area contributed by atoms with Crippen LogP contribution in [0.1, 0.15) is 11.7 Å². The highest BCUT2D eigenvalue weighted by Gasteiger charge is 2.14. The van der Waals surface area contributed by atoms with Gasteiger partial charge in [0.1, 0.15) is 9.84 Å². The van der Waals surface area contributed by atoms with E-state index in [-0.39, 0.29) is 5.75 Å². The fourth-order valence-corrected chi connectivity index (χ4v) is 2.71. The van der Waals surface area contributed by atoms with Crippen molar-refractivity contribution in [1.82, 2.24) is 0 Å². The standard InChI is InChI=1S/C15H16O3S/c1-19(17,18)11-15(16)14-9-5-8-13(10-14)12-6-3-2-4-7-12/h2-10,15-16H,11H2,1H3. The van der Waals surface area contributed by atoms with Crippen LogP contribution in [-0.4, -0.2) is 25.5 Å². The van der Waals surface area contributed by atoms with E-state index in [0.29, 0.717) is 5.56 Å². The maximum Gasteiger partial charge on any atom is 0.150 e. The molecule has 2 aromatic carbocycles. The van der Waals surface area contributed by atoms with Crippen molar-refractivity contribution >= 4 is 9.84 Å². The molecule has 0 saturated carbocycles. The van der Waals surface area contributed by atoms with Crippen LogP contribution in [-0.2, 0) is 9.84 Å². The van der Waals surface area contributed by atoms with Gasteiger partial charge in [-0.15, -0.1) is 0 Å². The van der Waals surface area contributed by atoms with Gasteiger partial charge in [0, 0.05) is 6.26 Å². The van der Waals surface area contributed by atoms with Gasteiger partial charge in [0.2, 0.25) is 0 Å². The van der Waals surface area contributed by atoms with Gasteiger partial charge in [-0.25, -0.2) is 8.42 Å². The normalized spacial score (nSPS) is 13.2. The van der Waals surface area contributed by atoms with Gasteiger partial charge in [0.05, 0.1) is 11.9 Å². The van der Waals surface area contributed by atoms with E-state index in [2.05, 4.69) is 0 Å². The fourth-order valence-electron chi connectivity index (χ4n) is 1.94. The first kappa shape index (κ1) is 13.8. The predicted molar refractivity (Wildman–Crippen MR) is 76.5 cm³/mol. The second-order valence-corrected chi connectivity index (χ2v) is 6.78. The minimum atomic E-state index is -3.20. The molecule has 1 N–H and O–H groups in total. The van der Waals surface area contributed by atoms with Crippen LogP contribution in [0.5, 0.6) is 0 Å². The zero-order valence-electron chi connectivity index (χ0n) is 10.7. The molecule has 0 aliphatic carbocycles. The largest absolute Gasteiger partial charge is 0.387 e. The van der Waals surface area contributed by atoms with Gasteiger partial charge in [-0.05, 0) is 22.8 Å². The Labute approximate surface area is 113 Å². The van der Waals surface area contributed by atoms with Crippen LogP contribution in [0.2, 0.25) is 0 Å². The van der Waals surface area contributed by atoms with Crippen LogP contribution in [0.3, 0.4) is 0 Å². The lowest BCUT2D eigenvalue weighted by molar-refractivity contribution is 0.202. The lowest BCUT2D eigenvalue weighted by Gasteiger charge is -2.11. The Morgan fingerprint density at radius 2 is 1.63 bits per heavy atom. The molecule has 0 aromatic heterocycles. The summed E-state index contributed by atoms with van der Waals surface area (Å²) in [5.41, 5.74) is 2.62. The van der Waals surface area contributed by atoms with Gasteiger partial charge >= 0.3 is 0 Å². The molecule has 1 atom stereocenters. The molecule has 0 amide bonds. The fraction of sp³-hybridized carbons (Fsp3) is 0.200. The quantitative estimate of drug-likeness (QED) is 0.933. The summed E-state index contributed by atoms with van der Waals surface area (Å²) in [6, 6.07) is 17.1. The molecule has 19 heavy (non-hydrogen) atoms. The van der Waals surface area contributed by atoms with Crippen LogP contribution in [0, 0.1) is 0 Å². The first-order valence-electron chi connectivity index (χ1n) is 5.97. The van der Waals surface area contributed by atoms with Crippen molar-refractivity contribution in [3.8, 4) is 11.1 Å². The van der Waals surface area contributed by atoms with Crippen molar-refractivity contribution in [2.75, 3.05) is 12.0 Å². The summed E-state index contributed by atoms with van der Waals surface area (Å²) < 4.78 is 22.4. The van der Waals surface area contributed by atoms with Crippen molar-refractivity contribution in [1.29, 1.82) is 0 Å². The first-order chi connectivity index (χ1) is 8.96. The Morgan fingerprint density at radius 1 is 1.00 bits per heavy atom. The summed E-state index contributed by atoms with van der Waals surface area (Å²) in [6.45, 7) is 0. The molecule has 0 aliphatic heterocycles. The third-order valence-corrected chi connectivity index (χ3v) is 3.76. The molecular weight excluding hydrogens is 260 g/mol. The highest BCUT2D eigenvalue weighted by molar-refractivity contribution is 7.90. The van der Waals surface area contributed by atoms with E-state index in [1.807, 2.05) is 48.5 Å². The zero-order chi connectivity index (χ0) is 13.9. The van der Waals surface area contributed by atoms with Gasteiger partial charge in [-0.3, -0.25) is 0 Å². The van der Waals surface area contributed by atoms with Gasteiger partial charge in [-0.2, -0.15) is 0 Å². The maximum atomic E-state index is 11.2. The molecule has 4 heteroatoms. The Balaban J connectivity index is 2.30. The second kappa shape index (κ2) is 5.55. The molecule has 0 spiro atoms. The van der Waals surface area contributed by atoms with Gasteiger partial charge < -0.3 is 5.11 Å². The number of hydrogen-bond donors (Lipinski definition) is 1. The molecule has 2 rings (SSSR count). The van der Waals surface area contributed by atoms with E-state index in [9.17, 15) is 13.5 Å². The predicted octanol–water partition coefficient (Wildman–Crippen LogP) is 2.43. The van der Waals surface area contributed by atoms with Crippen LogP contribution in [0.15, 0.2) is 54.6 Å². The van der Waals surface area contributed by atoms with Gasteiger partial charge in [0.15, 0.2) is 0 Å². The lowest BCUT2D eigenvalue weighted by Crippen LogP contribution is -2.12. The van der Waals surface area contributed by atoms with E-state index < -0.39 is 15.9 Å². The molecule has 0 aliphatic rings. The molecule has 100 valence electrons. The minimum absolute atomic E-state index is 0.259. The second-order valence-electron chi connectivity index (χ2n) is 4.60. The topological polar surface area (TPSA) is 54.4 Å². The number of sulfone groups is 1.